The van der Waals surface area contributed by atoms with Gasteiger partial charge >= 0.3 is 0 Å². The molecule has 7 nitrogen and oxygen atoms in total. The molecular weight excluding hydrogens is 448 g/mol. The van der Waals surface area contributed by atoms with E-state index in [4.69, 9.17) is 0 Å². The zero-order valence-electron chi connectivity index (χ0n) is 19.5. The van der Waals surface area contributed by atoms with Gasteiger partial charge in [-0.1, -0.05) is 6.07 Å². The van der Waals surface area contributed by atoms with Crippen molar-refractivity contribution in [1.82, 2.24) is 9.29 Å². The predicted molar refractivity (Wildman–Crippen MR) is 135 cm³/mol. The summed E-state index contributed by atoms with van der Waals surface area (Å²) in [5, 5.41) is 4.94. The quantitative estimate of drug-likeness (QED) is 0.581. The highest BCUT2D eigenvalue weighted by Crippen LogP contribution is 2.34. The summed E-state index contributed by atoms with van der Waals surface area (Å²) in [4.78, 5) is 20.2. The second-order valence-corrected chi connectivity index (χ2v) is 11.1. The molecule has 0 unspecified atom stereocenters. The first-order chi connectivity index (χ1) is 16.4. The summed E-state index contributed by atoms with van der Waals surface area (Å²) in [7, 11) is -3.60. The highest BCUT2D eigenvalue weighted by atomic mass is 32.2. The van der Waals surface area contributed by atoms with Gasteiger partial charge in [-0.25, -0.2) is 8.42 Å². The molecule has 5 rings (SSSR count). The van der Waals surface area contributed by atoms with Gasteiger partial charge in [-0.05, 0) is 74.9 Å². The van der Waals surface area contributed by atoms with Crippen molar-refractivity contribution < 1.29 is 13.2 Å². The molecule has 34 heavy (non-hydrogen) atoms. The molecule has 0 aliphatic carbocycles. The van der Waals surface area contributed by atoms with E-state index in [2.05, 4.69) is 21.3 Å². The monoisotopic (exact) mass is 478 g/mol. The van der Waals surface area contributed by atoms with Gasteiger partial charge in [0.1, 0.15) is 0 Å². The number of aromatic nitrogens is 1. The predicted octanol–water partition coefficient (Wildman–Crippen LogP) is 4.57. The number of carbonyl (C=O) groups is 1. The van der Waals surface area contributed by atoms with Gasteiger partial charge in [0.15, 0.2) is 0 Å². The highest BCUT2D eigenvalue weighted by Gasteiger charge is 2.28. The molecule has 178 valence electrons. The topological polar surface area (TPSA) is 82.6 Å². The lowest BCUT2D eigenvalue weighted by molar-refractivity contribution is 0.102. The van der Waals surface area contributed by atoms with Crippen LogP contribution in [0.3, 0.4) is 0 Å². The van der Waals surface area contributed by atoms with Crippen molar-refractivity contribution in [3.63, 3.8) is 0 Å². The number of nitrogens with one attached hydrogen (secondary N) is 1. The van der Waals surface area contributed by atoms with Crippen molar-refractivity contribution in [3.8, 4) is 0 Å². The molecule has 8 heteroatoms. The number of pyridine rings is 1. The number of rotatable bonds is 5. The molecule has 0 atom stereocenters. The Kier molecular flexibility index (Phi) is 6.27. The largest absolute Gasteiger partial charge is 0.371 e. The molecule has 0 saturated carbocycles. The minimum absolute atomic E-state index is 0.164. The van der Waals surface area contributed by atoms with Gasteiger partial charge in [-0.15, -0.1) is 0 Å². The lowest BCUT2D eigenvalue weighted by atomic mass is 10.0. The number of hydrogen-bond acceptors (Lipinski definition) is 5. The first-order valence-electron chi connectivity index (χ1n) is 12.0. The fourth-order valence-corrected chi connectivity index (χ4v) is 6.51. The van der Waals surface area contributed by atoms with Gasteiger partial charge in [0.05, 0.1) is 10.6 Å². The van der Waals surface area contributed by atoms with Crippen LogP contribution < -0.4 is 10.2 Å². The summed E-state index contributed by atoms with van der Waals surface area (Å²) >= 11 is 0. The lowest BCUT2D eigenvalue weighted by Gasteiger charge is -2.30. The molecule has 3 heterocycles. The SMILES string of the molecule is Cc1ccc(S(=O)(=O)N2CCCC2)cc1C(=O)Nc1ccc(N2CCCCC2)c2ccncc12. The Labute approximate surface area is 200 Å². The van der Waals surface area contributed by atoms with E-state index in [0.717, 1.165) is 48.0 Å². The minimum Gasteiger partial charge on any atom is -0.371 e. The van der Waals surface area contributed by atoms with Crippen molar-refractivity contribution in [2.75, 3.05) is 36.4 Å². The molecule has 1 amide bonds. The van der Waals surface area contributed by atoms with Gasteiger partial charge in [0.25, 0.3) is 5.91 Å². The van der Waals surface area contributed by atoms with E-state index in [9.17, 15) is 13.2 Å². The van der Waals surface area contributed by atoms with Crippen LogP contribution in [0, 0.1) is 6.92 Å². The van der Waals surface area contributed by atoms with E-state index >= 15 is 0 Å². The number of sulfonamides is 1. The Bertz CT molecular complexity index is 1330. The average Bonchev–Trinajstić information content (AvgIpc) is 3.41. The zero-order chi connectivity index (χ0) is 23.7. The van der Waals surface area contributed by atoms with E-state index in [1.807, 2.05) is 19.1 Å². The zero-order valence-corrected chi connectivity index (χ0v) is 20.3. The van der Waals surface area contributed by atoms with E-state index in [-0.39, 0.29) is 10.8 Å². The van der Waals surface area contributed by atoms with Crippen molar-refractivity contribution >= 4 is 38.1 Å². The van der Waals surface area contributed by atoms with Crippen LogP contribution in [-0.4, -0.2) is 49.8 Å². The number of aryl methyl sites for hydroxylation is 1. The third kappa shape index (κ3) is 4.28. The Balaban J connectivity index is 1.46. The Morgan fingerprint density at radius 2 is 1.65 bits per heavy atom. The fourth-order valence-electron chi connectivity index (χ4n) is 4.97. The maximum atomic E-state index is 13.3. The van der Waals surface area contributed by atoms with Crippen LogP contribution in [0.2, 0.25) is 0 Å². The average molecular weight is 479 g/mol. The standard InChI is InChI=1S/C26H30N4O3S/c1-19-7-8-20(34(32,33)30-15-5-6-16-30)17-22(19)26(31)28-24-9-10-25(29-13-3-2-4-14-29)21-11-12-27-18-23(21)24/h7-12,17-18H,2-6,13-16H2,1H3,(H,28,31). The third-order valence-electron chi connectivity index (χ3n) is 6.90. The van der Waals surface area contributed by atoms with Crippen LogP contribution in [0.4, 0.5) is 11.4 Å². The second kappa shape index (κ2) is 9.35. The van der Waals surface area contributed by atoms with Crippen molar-refractivity contribution in [2.24, 2.45) is 0 Å². The normalized spacial score (nSPS) is 17.3. The Hall–Kier alpha value is -2.97. The van der Waals surface area contributed by atoms with Crippen LogP contribution >= 0.6 is 0 Å². The molecule has 2 aromatic carbocycles. The van der Waals surface area contributed by atoms with Gasteiger partial charge in [0.2, 0.25) is 10.0 Å². The van der Waals surface area contributed by atoms with Crippen LogP contribution in [0.25, 0.3) is 10.8 Å². The number of hydrogen-bond donors (Lipinski definition) is 1. The second-order valence-electron chi connectivity index (χ2n) is 9.14. The minimum atomic E-state index is -3.60. The van der Waals surface area contributed by atoms with Crippen LogP contribution in [-0.2, 0) is 10.0 Å². The number of nitrogens with zero attached hydrogens (tertiary/aromatic N) is 3. The molecule has 0 spiro atoms. The van der Waals surface area contributed by atoms with Gasteiger partial charge in [-0.2, -0.15) is 4.31 Å². The summed E-state index contributed by atoms with van der Waals surface area (Å²) in [6.07, 6.45) is 8.91. The molecule has 1 aromatic heterocycles. The summed E-state index contributed by atoms with van der Waals surface area (Å²) in [5.41, 5.74) is 2.91. The molecule has 3 aromatic rings. The van der Waals surface area contributed by atoms with E-state index in [1.165, 1.54) is 29.6 Å². The summed E-state index contributed by atoms with van der Waals surface area (Å²) in [5.74, 6) is -0.327. The summed E-state index contributed by atoms with van der Waals surface area (Å²) in [6, 6.07) is 10.8. The first-order valence-corrected chi connectivity index (χ1v) is 13.4. The molecular formula is C26H30N4O3S. The smallest absolute Gasteiger partial charge is 0.255 e. The molecule has 2 aliphatic heterocycles. The summed E-state index contributed by atoms with van der Waals surface area (Å²) in [6.45, 7) is 4.93. The van der Waals surface area contributed by atoms with Crippen molar-refractivity contribution in [3.05, 3.63) is 59.9 Å². The van der Waals surface area contributed by atoms with E-state index in [0.29, 0.717) is 24.3 Å². The molecule has 2 fully saturated rings. The fraction of sp³-hybridized carbons (Fsp3) is 0.385. The Morgan fingerprint density at radius 1 is 0.912 bits per heavy atom. The van der Waals surface area contributed by atoms with Crippen molar-refractivity contribution in [1.29, 1.82) is 0 Å². The van der Waals surface area contributed by atoms with Gasteiger partial charge in [0, 0.05) is 60.6 Å². The van der Waals surface area contributed by atoms with Crippen LogP contribution in [0.1, 0.15) is 48.0 Å². The van der Waals surface area contributed by atoms with Gasteiger partial charge in [-0.3, -0.25) is 9.78 Å². The number of benzene rings is 2. The van der Waals surface area contributed by atoms with E-state index < -0.39 is 10.0 Å². The highest BCUT2D eigenvalue weighted by molar-refractivity contribution is 7.89. The number of amides is 1. The van der Waals surface area contributed by atoms with Crippen molar-refractivity contribution in [2.45, 2.75) is 43.9 Å². The maximum absolute atomic E-state index is 13.3. The third-order valence-corrected chi connectivity index (χ3v) is 8.79. The molecule has 1 N–H and O–H groups in total. The molecule has 2 saturated heterocycles. The first kappa shape index (κ1) is 22.8. The number of carbonyl (C=O) groups excluding carboxylic acids is 1. The number of anilines is 2. The van der Waals surface area contributed by atoms with Gasteiger partial charge < -0.3 is 10.2 Å². The Morgan fingerprint density at radius 3 is 2.41 bits per heavy atom. The maximum Gasteiger partial charge on any atom is 0.255 e. The van der Waals surface area contributed by atoms with Crippen LogP contribution in [0.5, 0.6) is 0 Å². The number of piperidine rings is 1. The molecule has 0 radical (unpaired) electrons. The van der Waals surface area contributed by atoms with E-state index in [1.54, 1.807) is 24.5 Å². The number of fused-ring (bicyclic) bond motifs is 1. The van der Waals surface area contributed by atoms with Crippen LogP contribution in [0.15, 0.2) is 53.7 Å². The molecule has 2 aliphatic rings. The molecule has 0 bridgehead atoms. The lowest BCUT2D eigenvalue weighted by Crippen LogP contribution is -2.29. The summed E-state index contributed by atoms with van der Waals surface area (Å²) < 4.78 is 27.5.